The Labute approximate surface area is 122 Å². The molecule has 19 heavy (non-hydrogen) atoms. The minimum absolute atomic E-state index is 0.229. The number of ether oxygens (including phenoxy) is 1. The zero-order chi connectivity index (χ0) is 13.7. The number of methoxy groups -OCH3 is 1. The van der Waals surface area contributed by atoms with Crippen molar-refractivity contribution in [3.8, 4) is 5.75 Å². The second-order valence-electron chi connectivity index (χ2n) is 4.07. The molecule has 0 bridgehead atoms. The highest BCUT2D eigenvalue weighted by molar-refractivity contribution is 7.99. The lowest BCUT2D eigenvalue weighted by Gasteiger charge is -2.15. The largest absolute Gasteiger partial charge is 0.497 e. The van der Waals surface area contributed by atoms with Crippen molar-refractivity contribution in [1.82, 2.24) is 0 Å². The number of benzene rings is 2. The molecule has 0 saturated heterocycles. The van der Waals surface area contributed by atoms with Gasteiger partial charge in [-0.2, -0.15) is 0 Å². The molecule has 0 aliphatic carbocycles. The average molecular weight is 294 g/mol. The van der Waals surface area contributed by atoms with E-state index in [9.17, 15) is 0 Å². The van der Waals surface area contributed by atoms with Crippen molar-refractivity contribution in [3.63, 3.8) is 0 Å². The fourth-order valence-corrected chi connectivity index (χ4v) is 2.89. The van der Waals surface area contributed by atoms with E-state index in [1.54, 1.807) is 18.9 Å². The molecule has 0 fully saturated rings. The van der Waals surface area contributed by atoms with Crippen molar-refractivity contribution < 1.29 is 4.74 Å². The molecule has 0 spiro atoms. The number of halogens is 1. The van der Waals surface area contributed by atoms with Gasteiger partial charge in [0.2, 0.25) is 0 Å². The first-order valence-corrected chi connectivity index (χ1v) is 7.25. The predicted octanol–water partition coefficient (Wildman–Crippen LogP) is 4.14. The highest BCUT2D eigenvalue weighted by atomic mass is 35.5. The van der Waals surface area contributed by atoms with E-state index < -0.39 is 0 Å². The molecule has 0 aromatic heterocycles. The standard InChI is InChI=1S/C15H16ClNOS/c1-18-13-6-2-11(3-7-13)15(10-17)19-14-8-4-12(16)5-9-14/h2-9,15H,10,17H2,1H3. The third-order valence-corrected chi connectivity index (χ3v) is 4.34. The molecule has 0 radical (unpaired) electrons. The maximum Gasteiger partial charge on any atom is 0.118 e. The zero-order valence-corrected chi connectivity index (χ0v) is 12.2. The van der Waals surface area contributed by atoms with Gasteiger partial charge in [-0.15, -0.1) is 11.8 Å². The van der Waals surface area contributed by atoms with E-state index in [1.807, 2.05) is 36.4 Å². The van der Waals surface area contributed by atoms with E-state index in [0.717, 1.165) is 15.7 Å². The number of hydrogen-bond donors (Lipinski definition) is 1. The average Bonchev–Trinajstić information content (AvgIpc) is 2.47. The summed E-state index contributed by atoms with van der Waals surface area (Å²) in [5.41, 5.74) is 7.07. The van der Waals surface area contributed by atoms with Crippen LogP contribution in [0.15, 0.2) is 53.4 Å². The van der Waals surface area contributed by atoms with Gasteiger partial charge in [-0.25, -0.2) is 0 Å². The Hall–Kier alpha value is -1.16. The lowest BCUT2D eigenvalue weighted by Crippen LogP contribution is -2.09. The van der Waals surface area contributed by atoms with E-state index >= 15 is 0 Å². The molecule has 0 aliphatic heterocycles. The van der Waals surface area contributed by atoms with Gasteiger partial charge in [0.15, 0.2) is 0 Å². The number of hydrogen-bond acceptors (Lipinski definition) is 3. The Kier molecular flexibility index (Phi) is 5.14. The Morgan fingerprint density at radius 2 is 1.74 bits per heavy atom. The second-order valence-corrected chi connectivity index (χ2v) is 5.78. The third-order valence-electron chi connectivity index (χ3n) is 2.79. The van der Waals surface area contributed by atoms with Crippen molar-refractivity contribution in [2.75, 3.05) is 13.7 Å². The van der Waals surface area contributed by atoms with Gasteiger partial charge >= 0.3 is 0 Å². The number of nitrogens with two attached hydrogens (primary N) is 1. The molecule has 2 aromatic carbocycles. The number of thioether (sulfide) groups is 1. The van der Waals surface area contributed by atoms with Gasteiger partial charge in [0.25, 0.3) is 0 Å². The van der Waals surface area contributed by atoms with Crippen molar-refractivity contribution in [2.45, 2.75) is 10.1 Å². The Balaban J connectivity index is 2.12. The van der Waals surface area contributed by atoms with Crippen LogP contribution in [0.4, 0.5) is 0 Å². The SMILES string of the molecule is COc1ccc(C(CN)Sc2ccc(Cl)cc2)cc1. The van der Waals surface area contributed by atoms with Crippen LogP contribution in [-0.2, 0) is 0 Å². The Morgan fingerprint density at radius 3 is 2.26 bits per heavy atom. The second kappa shape index (κ2) is 6.85. The summed E-state index contributed by atoms with van der Waals surface area (Å²) in [6.45, 7) is 0.583. The topological polar surface area (TPSA) is 35.2 Å². The van der Waals surface area contributed by atoms with Crippen molar-refractivity contribution in [2.24, 2.45) is 5.73 Å². The van der Waals surface area contributed by atoms with Crippen molar-refractivity contribution in [3.05, 3.63) is 59.1 Å². The molecule has 2 nitrogen and oxygen atoms in total. The zero-order valence-electron chi connectivity index (χ0n) is 10.7. The van der Waals surface area contributed by atoms with Gasteiger partial charge in [0, 0.05) is 21.7 Å². The third kappa shape index (κ3) is 3.90. The summed E-state index contributed by atoms with van der Waals surface area (Å²) in [5.74, 6) is 0.857. The van der Waals surface area contributed by atoms with Crippen LogP contribution in [0.3, 0.4) is 0 Å². The highest BCUT2D eigenvalue weighted by Gasteiger charge is 2.11. The monoisotopic (exact) mass is 293 g/mol. The molecular weight excluding hydrogens is 278 g/mol. The molecule has 2 N–H and O–H groups in total. The minimum Gasteiger partial charge on any atom is -0.497 e. The molecule has 0 aliphatic rings. The van der Waals surface area contributed by atoms with E-state index in [-0.39, 0.29) is 5.25 Å². The van der Waals surface area contributed by atoms with E-state index in [2.05, 4.69) is 12.1 Å². The first-order valence-electron chi connectivity index (χ1n) is 5.99. The van der Waals surface area contributed by atoms with Crippen molar-refractivity contribution >= 4 is 23.4 Å². The lowest BCUT2D eigenvalue weighted by molar-refractivity contribution is 0.414. The fourth-order valence-electron chi connectivity index (χ4n) is 1.75. The summed E-state index contributed by atoms with van der Waals surface area (Å²) in [7, 11) is 1.66. The van der Waals surface area contributed by atoms with Gasteiger partial charge in [-0.05, 0) is 42.0 Å². The first-order chi connectivity index (χ1) is 9.22. The van der Waals surface area contributed by atoms with Gasteiger partial charge in [-0.1, -0.05) is 23.7 Å². The van der Waals surface area contributed by atoms with E-state index in [1.165, 1.54) is 5.56 Å². The summed E-state index contributed by atoms with van der Waals surface area (Å²) < 4.78 is 5.16. The summed E-state index contributed by atoms with van der Waals surface area (Å²) in [6, 6.07) is 15.8. The van der Waals surface area contributed by atoms with Crippen LogP contribution < -0.4 is 10.5 Å². The maximum absolute atomic E-state index is 5.88. The van der Waals surface area contributed by atoms with Gasteiger partial charge in [0.05, 0.1) is 7.11 Å². The van der Waals surface area contributed by atoms with Gasteiger partial charge < -0.3 is 10.5 Å². The Bertz CT molecular complexity index is 513. The van der Waals surface area contributed by atoms with Gasteiger partial charge in [0.1, 0.15) is 5.75 Å². The normalized spacial score (nSPS) is 12.2. The molecule has 100 valence electrons. The highest BCUT2D eigenvalue weighted by Crippen LogP contribution is 2.35. The maximum atomic E-state index is 5.88. The minimum atomic E-state index is 0.229. The molecule has 4 heteroatoms. The van der Waals surface area contributed by atoms with Crippen LogP contribution >= 0.6 is 23.4 Å². The summed E-state index contributed by atoms with van der Waals surface area (Å²) in [4.78, 5) is 1.16. The molecule has 2 rings (SSSR count). The van der Waals surface area contributed by atoms with E-state index in [0.29, 0.717) is 6.54 Å². The summed E-state index contributed by atoms with van der Waals surface area (Å²) in [5, 5.41) is 0.977. The van der Waals surface area contributed by atoms with Crippen LogP contribution in [0.5, 0.6) is 5.75 Å². The first kappa shape index (κ1) is 14.3. The van der Waals surface area contributed by atoms with Crippen LogP contribution in [0.25, 0.3) is 0 Å². The van der Waals surface area contributed by atoms with Crippen LogP contribution in [0.1, 0.15) is 10.8 Å². The molecule has 2 aromatic rings. The van der Waals surface area contributed by atoms with Gasteiger partial charge in [-0.3, -0.25) is 0 Å². The molecule has 0 heterocycles. The number of rotatable bonds is 5. The smallest absolute Gasteiger partial charge is 0.118 e. The quantitative estimate of drug-likeness (QED) is 0.842. The lowest BCUT2D eigenvalue weighted by atomic mass is 10.1. The van der Waals surface area contributed by atoms with E-state index in [4.69, 9.17) is 22.1 Å². The van der Waals surface area contributed by atoms with Crippen LogP contribution in [0.2, 0.25) is 5.02 Å². The molecule has 1 unspecified atom stereocenters. The predicted molar refractivity (Wildman–Crippen MR) is 82.1 cm³/mol. The summed E-state index contributed by atoms with van der Waals surface area (Å²) in [6.07, 6.45) is 0. The van der Waals surface area contributed by atoms with Crippen molar-refractivity contribution in [1.29, 1.82) is 0 Å². The Morgan fingerprint density at radius 1 is 1.11 bits per heavy atom. The molecule has 1 atom stereocenters. The van der Waals surface area contributed by atoms with Crippen LogP contribution in [0, 0.1) is 0 Å². The molecular formula is C15H16ClNOS. The summed E-state index contributed by atoms with van der Waals surface area (Å²) >= 11 is 7.62. The molecule has 0 saturated carbocycles. The molecule has 0 amide bonds. The van der Waals surface area contributed by atoms with Crippen LogP contribution in [-0.4, -0.2) is 13.7 Å². The fraction of sp³-hybridized carbons (Fsp3) is 0.200.